The number of ether oxygens (including phenoxy) is 2. The number of anilines is 1. The van der Waals surface area contributed by atoms with E-state index in [0.29, 0.717) is 43.7 Å². The van der Waals surface area contributed by atoms with Crippen LogP contribution in [0.5, 0.6) is 5.75 Å². The molecule has 3 aliphatic rings. The summed E-state index contributed by atoms with van der Waals surface area (Å²) in [7, 11) is 1.42. The van der Waals surface area contributed by atoms with Crippen molar-refractivity contribution in [2.24, 2.45) is 0 Å². The monoisotopic (exact) mass is 563 g/mol. The number of halogens is 2. The van der Waals surface area contributed by atoms with Crippen LogP contribution in [-0.2, 0) is 11.3 Å². The normalized spacial score (nSPS) is 22.3. The zero-order chi connectivity index (χ0) is 28.0. The van der Waals surface area contributed by atoms with Crippen molar-refractivity contribution < 1.29 is 28.2 Å². The third-order valence-corrected chi connectivity index (χ3v) is 8.14. The summed E-state index contributed by atoms with van der Waals surface area (Å²) < 4.78 is 24.7. The number of carbonyl (C=O) groups is 3. The summed E-state index contributed by atoms with van der Waals surface area (Å²) in [5.74, 6) is -1.39. The van der Waals surface area contributed by atoms with Crippen LogP contribution in [0, 0.1) is 5.82 Å². The summed E-state index contributed by atoms with van der Waals surface area (Å²) in [4.78, 5) is 42.8. The van der Waals surface area contributed by atoms with Crippen LogP contribution in [-0.4, -0.2) is 61.1 Å². The maximum atomic E-state index is 13.4. The van der Waals surface area contributed by atoms with Crippen LogP contribution in [0.4, 0.5) is 10.1 Å². The van der Waals surface area contributed by atoms with E-state index in [1.165, 1.54) is 31.4 Å². The molecule has 0 saturated carbocycles. The number of imide groups is 1. The van der Waals surface area contributed by atoms with Gasteiger partial charge < -0.3 is 14.8 Å². The van der Waals surface area contributed by atoms with Gasteiger partial charge in [-0.15, -0.1) is 0 Å². The molecular weight excluding hydrogens is 537 g/mol. The molecule has 3 aliphatic heterocycles. The van der Waals surface area contributed by atoms with Crippen LogP contribution in [0.2, 0.25) is 5.02 Å². The third-order valence-electron chi connectivity index (χ3n) is 7.83. The van der Waals surface area contributed by atoms with Gasteiger partial charge in [-0.2, -0.15) is 0 Å². The summed E-state index contributed by atoms with van der Waals surface area (Å²) in [6, 6.07) is 16.1. The number of methoxy groups -OCH3 is 1. The third kappa shape index (κ3) is 4.74. The Bertz CT molecular complexity index is 1450. The van der Waals surface area contributed by atoms with Crippen LogP contribution in [0.25, 0.3) is 0 Å². The standard InChI is InChI=1S/C30H27ClFN3O5/c1-39-27-13-26(35-29(37)22-4-2-3-5-23(22)30(35)38)25(31)12-24(27)28(36)33-19-10-20-15-40-16-21(11-19)34(20)14-17-6-8-18(32)9-7-17/h2-9,12-13,19-21H,10-11,14-16H2,1H3,(H,33,36)/t19-,20-,21+. The Morgan fingerprint density at radius 1 is 1.02 bits per heavy atom. The summed E-state index contributed by atoms with van der Waals surface area (Å²) >= 11 is 6.55. The van der Waals surface area contributed by atoms with Gasteiger partial charge in [-0.1, -0.05) is 35.9 Å². The lowest BCUT2D eigenvalue weighted by atomic mass is 9.89. The number of carbonyl (C=O) groups excluding carboxylic acids is 3. The molecule has 3 aromatic carbocycles. The molecular formula is C30H27ClFN3O5. The van der Waals surface area contributed by atoms with Gasteiger partial charge >= 0.3 is 0 Å². The van der Waals surface area contributed by atoms with Crippen molar-refractivity contribution in [1.82, 2.24) is 10.2 Å². The molecule has 3 amide bonds. The highest BCUT2D eigenvalue weighted by molar-refractivity contribution is 6.40. The van der Waals surface area contributed by atoms with Gasteiger partial charge in [0.05, 0.1) is 47.7 Å². The molecule has 0 unspecified atom stereocenters. The predicted molar refractivity (Wildman–Crippen MR) is 146 cm³/mol. The smallest absolute Gasteiger partial charge is 0.266 e. The lowest BCUT2D eigenvalue weighted by Gasteiger charge is -2.48. The quantitative estimate of drug-likeness (QED) is 0.446. The van der Waals surface area contributed by atoms with Crippen molar-refractivity contribution in [2.75, 3.05) is 25.2 Å². The number of piperidine rings is 1. The summed E-state index contributed by atoms with van der Waals surface area (Å²) in [5, 5.41) is 3.20. The summed E-state index contributed by atoms with van der Waals surface area (Å²) in [6.45, 7) is 1.78. The largest absolute Gasteiger partial charge is 0.496 e. The number of fused-ring (bicyclic) bond motifs is 3. The van der Waals surface area contributed by atoms with Gasteiger partial charge in [-0.05, 0) is 48.7 Å². The zero-order valence-corrected chi connectivity index (χ0v) is 22.5. The SMILES string of the molecule is COc1cc(N2C(=O)c3ccccc3C2=O)c(Cl)cc1C(=O)N[C@H]1C[C@H]2COC[C@@H](C1)N2Cc1ccc(F)cc1. The van der Waals surface area contributed by atoms with E-state index in [9.17, 15) is 18.8 Å². The number of nitrogens with zero attached hydrogens (tertiary/aromatic N) is 2. The maximum absolute atomic E-state index is 13.4. The fourth-order valence-electron chi connectivity index (χ4n) is 5.90. The molecule has 1 N–H and O–H groups in total. The Hall–Kier alpha value is -3.79. The van der Waals surface area contributed by atoms with Gasteiger partial charge in [-0.25, -0.2) is 9.29 Å². The number of amides is 3. The molecule has 0 aromatic heterocycles. The Balaban J connectivity index is 1.18. The zero-order valence-electron chi connectivity index (χ0n) is 21.7. The summed E-state index contributed by atoms with van der Waals surface area (Å²) in [5.41, 5.74) is 1.98. The Morgan fingerprint density at radius 2 is 1.65 bits per heavy atom. The van der Waals surface area contributed by atoms with Crippen molar-refractivity contribution in [1.29, 1.82) is 0 Å². The van der Waals surface area contributed by atoms with Gasteiger partial charge in [0, 0.05) is 30.7 Å². The van der Waals surface area contributed by atoms with Gasteiger partial charge in [0.25, 0.3) is 17.7 Å². The van der Waals surface area contributed by atoms with Crippen LogP contribution in [0.3, 0.4) is 0 Å². The minimum Gasteiger partial charge on any atom is -0.496 e. The highest BCUT2D eigenvalue weighted by Gasteiger charge is 2.40. The first-order chi connectivity index (χ1) is 19.3. The fourth-order valence-corrected chi connectivity index (χ4v) is 6.15. The number of hydrogen-bond donors (Lipinski definition) is 1. The molecule has 0 aliphatic carbocycles. The van der Waals surface area contributed by atoms with E-state index in [-0.39, 0.29) is 51.9 Å². The number of rotatable bonds is 6. The van der Waals surface area contributed by atoms with E-state index < -0.39 is 11.8 Å². The van der Waals surface area contributed by atoms with Crippen LogP contribution < -0.4 is 15.0 Å². The van der Waals surface area contributed by atoms with Gasteiger partial charge in [0.2, 0.25) is 0 Å². The Morgan fingerprint density at radius 3 is 2.25 bits per heavy atom. The second kappa shape index (κ2) is 10.6. The lowest BCUT2D eigenvalue weighted by Crippen LogP contribution is -2.60. The summed E-state index contributed by atoms with van der Waals surface area (Å²) in [6.07, 6.45) is 1.37. The molecule has 6 rings (SSSR count). The number of hydrogen-bond acceptors (Lipinski definition) is 6. The van der Waals surface area contributed by atoms with E-state index in [0.717, 1.165) is 10.5 Å². The van der Waals surface area contributed by atoms with Crippen LogP contribution in [0.15, 0.2) is 60.7 Å². The van der Waals surface area contributed by atoms with Crippen LogP contribution in [0.1, 0.15) is 49.5 Å². The van der Waals surface area contributed by atoms with E-state index in [1.54, 1.807) is 36.4 Å². The molecule has 3 heterocycles. The fraction of sp³-hybridized carbons (Fsp3) is 0.300. The molecule has 40 heavy (non-hydrogen) atoms. The molecule has 2 saturated heterocycles. The van der Waals surface area contributed by atoms with E-state index >= 15 is 0 Å². The molecule has 2 bridgehead atoms. The van der Waals surface area contributed by atoms with Gasteiger partial charge in [0.1, 0.15) is 11.6 Å². The topological polar surface area (TPSA) is 88.2 Å². The van der Waals surface area contributed by atoms with Crippen LogP contribution >= 0.6 is 11.6 Å². The molecule has 3 atom stereocenters. The van der Waals surface area contributed by atoms with Crippen molar-refractivity contribution in [3.05, 3.63) is 93.8 Å². The molecule has 3 aromatic rings. The molecule has 2 fully saturated rings. The first kappa shape index (κ1) is 26.4. The van der Waals surface area contributed by atoms with E-state index in [4.69, 9.17) is 21.1 Å². The molecule has 0 spiro atoms. The first-order valence-corrected chi connectivity index (χ1v) is 13.5. The molecule has 8 nitrogen and oxygen atoms in total. The van der Waals surface area contributed by atoms with Crippen molar-refractivity contribution >= 4 is 35.0 Å². The average Bonchev–Trinajstić information content (AvgIpc) is 3.19. The number of benzene rings is 3. The molecule has 10 heteroatoms. The number of nitrogens with one attached hydrogen (secondary N) is 1. The maximum Gasteiger partial charge on any atom is 0.266 e. The van der Waals surface area contributed by atoms with Crippen molar-refractivity contribution in [3.8, 4) is 5.75 Å². The molecule has 206 valence electrons. The van der Waals surface area contributed by atoms with E-state index in [2.05, 4.69) is 10.2 Å². The minimum absolute atomic E-state index is 0.0832. The van der Waals surface area contributed by atoms with Gasteiger partial charge in [-0.3, -0.25) is 19.3 Å². The van der Waals surface area contributed by atoms with E-state index in [1.807, 2.05) is 0 Å². The van der Waals surface area contributed by atoms with Gasteiger partial charge in [0.15, 0.2) is 0 Å². The first-order valence-electron chi connectivity index (χ1n) is 13.1. The number of morpholine rings is 1. The average molecular weight is 564 g/mol. The Labute approximate surface area is 235 Å². The second-order valence-electron chi connectivity index (χ2n) is 10.3. The highest BCUT2D eigenvalue weighted by atomic mass is 35.5. The van der Waals surface area contributed by atoms with Crippen molar-refractivity contribution in [3.63, 3.8) is 0 Å². The highest BCUT2D eigenvalue weighted by Crippen LogP contribution is 2.38. The molecule has 0 radical (unpaired) electrons. The lowest BCUT2D eigenvalue weighted by molar-refractivity contribution is -0.0843. The Kier molecular flexibility index (Phi) is 7.04. The second-order valence-corrected chi connectivity index (χ2v) is 10.7. The van der Waals surface area contributed by atoms with Crippen molar-refractivity contribution in [2.45, 2.75) is 37.5 Å². The predicted octanol–water partition coefficient (Wildman–Crippen LogP) is 4.45. The minimum atomic E-state index is -0.483.